The van der Waals surface area contributed by atoms with Gasteiger partial charge in [-0.1, -0.05) is 24.2 Å². The van der Waals surface area contributed by atoms with Gasteiger partial charge in [-0.05, 0) is 30.2 Å². The number of hydrogen-bond donors (Lipinski definition) is 1. The average molecular weight is 284 g/mol. The second-order valence-corrected chi connectivity index (χ2v) is 4.67. The van der Waals surface area contributed by atoms with Gasteiger partial charge in [-0.15, -0.1) is 0 Å². The molecular formula is C15H16N4O2. The molecule has 0 bridgehead atoms. The van der Waals surface area contributed by atoms with Gasteiger partial charge in [0.1, 0.15) is 5.75 Å². The summed E-state index contributed by atoms with van der Waals surface area (Å²) in [6, 6.07) is 9.72. The van der Waals surface area contributed by atoms with Crippen molar-refractivity contribution in [3.8, 4) is 17.3 Å². The summed E-state index contributed by atoms with van der Waals surface area (Å²) in [5, 5.41) is 11.1. The maximum Gasteiger partial charge on any atom is 0.278 e. The van der Waals surface area contributed by atoms with E-state index in [0.29, 0.717) is 23.8 Å². The van der Waals surface area contributed by atoms with Crippen LogP contribution >= 0.6 is 0 Å². The first-order valence-corrected chi connectivity index (χ1v) is 6.78. The van der Waals surface area contributed by atoms with Crippen molar-refractivity contribution in [3.05, 3.63) is 47.4 Å². The number of rotatable bonds is 5. The summed E-state index contributed by atoms with van der Waals surface area (Å²) in [6.07, 6.45) is 1.50. The highest BCUT2D eigenvalue weighted by atomic mass is 16.5. The quantitative estimate of drug-likeness (QED) is 0.779. The summed E-state index contributed by atoms with van der Waals surface area (Å²) in [4.78, 5) is 4.37. The molecule has 6 heteroatoms. The standard InChI is InChI=1S/C15H16N4O2/c1-3-11-9-13(18-17-11)15-16-14(19-21-15)8-10-4-6-12(20-2)7-5-10/h4-7,9H,3,8H2,1-2H3,(H,17,18). The Morgan fingerprint density at radius 2 is 2.05 bits per heavy atom. The number of methoxy groups -OCH3 is 1. The SMILES string of the molecule is CCc1cc(-c2nc(Cc3ccc(OC)cc3)no2)n[nH]1. The minimum Gasteiger partial charge on any atom is -0.497 e. The van der Waals surface area contributed by atoms with Crippen LogP contribution in [0.15, 0.2) is 34.9 Å². The van der Waals surface area contributed by atoms with Gasteiger partial charge in [0.2, 0.25) is 0 Å². The van der Waals surface area contributed by atoms with Crippen molar-refractivity contribution < 1.29 is 9.26 Å². The number of aryl methyl sites for hydroxylation is 1. The largest absolute Gasteiger partial charge is 0.497 e. The zero-order chi connectivity index (χ0) is 14.7. The van der Waals surface area contributed by atoms with E-state index < -0.39 is 0 Å². The predicted molar refractivity (Wildman–Crippen MR) is 77.1 cm³/mol. The first kappa shape index (κ1) is 13.4. The van der Waals surface area contributed by atoms with Gasteiger partial charge < -0.3 is 9.26 Å². The van der Waals surface area contributed by atoms with Gasteiger partial charge in [-0.2, -0.15) is 10.1 Å². The Hall–Kier alpha value is -2.63. The smallest absolute Gasteiger partial charge is 0.278 e. The molecule has 1 aromatic carbocycles. The Balaban J connectivity index is 1.74. The molecule has 3 aromatic rings. The number of hydrogen-bond acceptors (Lipinski definition) is 5. The van der Waals surface area contributed by atoms with Crippen molar-refractivity contribution in [2.45, 2.75) is 19.8 Å². The zero-order valence-corrected chi connectivity index (χ0v) is 12.0. The normalized spacial score (nSPS) is 10.8. The van der Waals surface area contributed by atoms with E-state index >= 15 is 0 Å². The second-order valence-electron chi connectivity index (χ2n) is 4.67. The van der Waals surface area contributed by atoms with E-state index in [0.717, 1.165) is 23.4 Å². The third-order valence-electron chi connectivity index (χ3n) is 3.22. The average Bonchev–Trinajstić information content (AvgIpc) is 3.16. The number of nitrogens with zero attached hydrogens (tertiary/aromatic N) is 3. The van der Waals surface area contributed by atoms with Gasteiger partial charge in [-0.25, -0.2) is 0 Å². The molecule has 0 radical (unpaired) electrons. The highest BCUT2D eigenvalue weighted by Gasteiger charge is 2.12. The highest BCUT2D eigenvalue weighted by Crippen LogP contribution is 2.18. The molecule has 3 rings (SSSR count). The fraction of sp³-hybridized carbons (Fsp3) is 0.267. The molecule has 0 saturated heterocycles. The molecule has 0 saturated carbocycles. The number of nitrogens with one attached hydrogen (secondary N) is 1. The molecule has 0 atom stereocenters. The fourth-order valence-electron chi connectivity index (χ4n) is 2.01. The van der Waals surface area contributed by atoms with Crippen molar-refractivity contribution in [2.75, 3.05) is 7.11 Å². The molecule has 0 fully saturated rings. The maximum absolute atomic E-state index is 5.26. The Morgan fingerprint density at radius 1 is 1.24 bits per heavy atom. The first-order chi connectivity index (χ1) is 10.3. The Kier molecular flexibility index (Phi) is 3.68. The Bertz CT molecular complexity index is 715. The summed E-state index contributed by atoms with van der Waals surface area (Å²) < 4.78 is 10.4. The molecule has 1 N–H and O–H groups in total. The molecule has 0 aliphatic carbocycles. The first-order valence-electron chi connectivity index (χ1n) is 6.78. The van der Waals surface area contributed by atoms with Gasteiger partial charge in [-0.3, -0.25) is 5.10 Å². The van der Waals surface area contributed by atoms with E-state index in [2.05, 4.69) is 27.3 Å². The van der Waals surface area contributed by atoms with Crippen molar-refractivity contribution in [2.24, 2.45) is 0 Å². The summed E-state index contributed by atoms with van der Waals surface area (Å²) in [7, 11) is 1.65. The maximum atomic E-state index is 5.26. The molecule has 21 heavy (non-hydrogen) atoms. The van der Waals surface area contributed by atoms with Crippen molar-refractivity contribution in [1.29, 1.82) is 0 Å². The lowest BCUT2D eigenvalue weighted by Crippen LogP contribution is -1.91. The van der Waals surface area contributed by atoms with Crippen LogP contribution in [0.2, 0.25) is 0 Å². The van der Waals surface area contributed by atoms with E-state index in [1.807, 2.05) is 30.3 Å². The Labute approximate surface area is 122 Å². The van der Waals surface area contributed by atoms with Crippen molar-refractivity contribution >= 4 is 0 Å². The topological polar surface area (TPSA) is 76.8 Å². The summed E-state index contributed by atoms with van der Waals surface area (Å²) in [6.45, 7) is 2.06. The van der Waals surface area contributed by atoms with Crippen LogP contribution in [0.4, 0.5) is 0 Å². The number of benzene rings is 1. The molecule has 2 aromatic heterocycles. The lowest BCUT2D eigenvalue weighted by Gasteiger charge is -2.00. The second kappa shape index (κ2) is 5.78. The van der Waals surface area contributed by atoms with Crippen LogP contribution in [0.5, 0.6) is 5.75 Å². The zero-order valence-electron chi connectivity index (χ0n) is 12.0. The van der Waals surface area contributed by atoms with E-state index in [1.165, 1.54) is 0 Å². The minimum atomic E-state index is 0.439. The number of aromatic nitrogens is 4. The highest BCUT2D eigenvalue weighted by molar-refractivity contribution is 5.46. The van der Waals surface area contributed by atoms with Gasteiger partial charge in [0, 0.05) is 12.1 Å². The van der Waals surface area contributed by atoms with Crippen LogP contribution in [-0.2, 0) is 12.8 Å². The van der Waals surface area contributed by atoms with Crippen LogP contribution in [0, 0.1) is 0 Å². The van der Waals surface area contributed by atoms with Gasteiger partial charge >= 0.3 is 0 Å². The molecule has 0 aliphatic heterocycles. The van der Waals surface area contributed by atoms with Crippen LogP contribution < -0.4 is 4.74 Å². The van der Waals surface area contributed by atoms with Gasteiger partial charge in [0.15, 0.2) is 11.5 Å². The van der Waals surface area contributed by atoms with Crippen LogP contribution in [-0.4, -0.2) is 27.4 Å². The molecule has 0 unspecified atom stereocenters. The lowest BCUT2D eigenvalue weighted by atomic mass is 10.1. The lowest BCUT2D eigenvalue weighted by molar-refractivity contribution is 0.414. The number of aromatic amines is 1. The minimum absolute atomic E-state index is 0.439. The van der Waals surface area contributed by atoms with Gasteiger partial charge in [0.05, 0.1) is 7.11 Å². The third-order valence-corrected chi connectivity index (χ3v) is 3.22. The molecular weight excluding hydrogens is 268 g/mol. The Morgan fingerprint density at radius 3 is 2.71 bits per heavy atom. The van der Waals surface area contributed by atoms with Crippen LogP contribution in [0.3, 0.4) is 0 Å². The van der Waals surface area contributed by atoms with Crippen molar-refractivity contribution in [1.82, 2.24) is 20.3 Å². The van der Waals surface area contributed by atoms with Crippen LogP contribution in [0.25, 0.3) is 11.6 Å². The van der Waals surface area contributed by atoms with Gasteiger partial charge in [0.25, 0.3) is 5.89 Å². The third kappa shape index (κ3) is 2.94. The molecule has 0 aliphatic rings. The van der Waals surface area contributed by atoms with E-state index in [9.17, 15) is 0 Å². The molecule has 6 nitrogen and oxygen atoms in total. The summed E-state index contributed by atoms with van der Waals surface area (Å²) >= 11 is 0. The summed E-state index contributed by atoms with van der Waals surface area (Å²) in [5.41, 5.74) is 2.82. The molecule has 0 amide bonds. The molecule has 0 spiro atoms. The summed E-state index contributed by atoms with van der Waals surface area (Å²) in [5.74, 6) is 1.90. The molecule has 108 valence electrons. The fourth-order valence-corrected chi connectivity index (χ4v) is 2.01. The molecule has 2 heterocycles. The predicted octanol–water partition coefficient (Wildman–Crippen LogP) is 2.62. The van der Waals surface area contributed by atoms with E-state index in [-0.39, 0.29) is 0 Å². The van der Waals surface area contributed by atoms with E-state index in [1.54, 1.807) is 7.11 Å². The number of ether oxygens (including phenoxy) is 1. The van der Waals surface area contributed by atoms with E-state index in [4.69, 9.17) is 9.26 Å². The monoisotopic (exact) mass is 284 g/mol. The number of H-pyrrole nitrogens is 1. The van der Waals surface area contributed by atoms with Crippen molar-refractivity contribution in [3.63, 3.8) is 0 Å². The van der Waals surface area contributed by atoms with Crippen LogP contribution in [0.1, 0.15) is 24.0 Å².